The average molecular weight is 379 g/mol. The predicted octanol–water partition coefficient (Wildman–Crippen LogP) is 6.50. The van der Waals surface area contributed by atoms with E-state index in [0.29, 0.717) is 12.3 Å². The molecule has 0 aromatic carbocycles. The van der Waals surface area contributed by atoms with E-state index < -0.39 is 6.10 Å². The highest BCUT2D eigenvalue weighted by Gasteiger charge is 2.41. The molecule has 1 fully saturated rings. The molecule has 1 N–H and O–H groups in total. The van der Waals surface area contributed by atoms with Crippen LogP contribution in [0, 0.1) is 5.92 Å². The minimum absolute atomic E-state index is 0.140. The summed E-state index contributed by atoms with van der Waals surface area (Å²) in [6, 6.07) is 0. The quantitative estimate of drug-likeness (QED) is 0.189. The number of unbranched alkanes of at least 4 members (excludes halogenated alkanes) is 8. The fourth-order valence-corrected chi connectivity index (χ4v) is 3.52. The smallest absolute Gasteiger partial charge is 0.306 e. The Balaban J connectivity index is 1.85. The number of rotatable bonds is 16. The Bertz CT molecular complexity index is 427. The van der Waals surface area contributed by atoms with Crippen LogP contribution in [0.4, 0.5) is 0 Å². The third-order valence-corrected chi connectivity index (χ3v) is 5.54. The molecule has 0 saturated heterocycles. The molecule has 0 spiro atoms. The van der Waals surface area contributed by atoms with Crippen LogP contribution in [0.3, 0.4) is 0 Å². The maximum absolute atomic E-state index is 11.8. The molecule has 0 aromatic heterocycles. The molecule has 0 aliphatic heterocycles. The van der Waals surface area contributed by atoms with E-state index in [1.807, 2.05) is 0 Å². The molecule has 27 heavy (non-hydrogen) atoms. The highest BCUT2D eigenvalue weighted by atomic mass is 16.6. The second kappa shape index (κ2) is 15.9. The van der Waals surface area contributed by atoms with Gasteiger partial charge in [0.1, 0.15) is 6.10 Å². The van der Waals surface area contributed by atoms with Crippen LogP contribution in [0.15, 0.2) is 24.3 Å². The van der Waals surface area contributed by atoms with Gasteiger partial charge in [0.2, 0.25) is 0 Å². The second-order valence-corrected chi connectivity index (χ2v) is 7.90. The molecule has 1 rings (SSSR count). The zero-order valence-electron chi connectivity index (χ0n) is 17.7. The van der Waals surface area contributed by atoms with Crippen LogP contribution in [-0.2, 0) is 9.53 Å². The Labute approximate surface area is 167 Å². The van der Waals surface area contributed by atoms with Gasteiger partial charge in [-0.2, -0.15) is 0 Å². The molecule has 1 aliphatic carbocycles. The first kappa shape index (κ1) is 23.9. The van der Waals surface area contributed by atoms with Crippen molar-refractivity contribution in [3.8, 4) is 0 Å². The van der Waals surface area contributed by atoms with E-state index in [0.717, 1.165) is 38.5 Å². The summed E-state index contributed by atoms with van der Waals surface area (Å²) >= 11 is 0. The number of allylic oxidation sites excluding steroid dienone is 4. The second-order valence-electron chi connectivity index (χ2n) is 7.90. The lowest BCUT2D eigenvalue weighted by molar-refractivity contribution is -0.174. The lowest BCUT2D eigenvalue weighted by atomic mass is 9.77. The zero-order chi connectivity index (χ0) is 19.7. The van der Waals surface area contributed by atoms with E-state index in [2.05, 4.69) is 38.2 Å². The minimum Gasteiger partial charge on any atom is -0.460 e. The van der Waals surface area contributed by atoms with Crippen molar-refractivity contribution in [3.63, 3.8) is 0 Å². The van der Waals surface area contributed by atoms with Gasteiger partial charge in [-0.3, -0.25) is 4.79 Å². The van der Waals surface area contributed by atoms with Crippen LogP contribution in [-0.4, -0.2) is 23.3 Å². The monoisotopic (exact) mass is 378 g/mol. The SMILES string of the molecule is CCCCCC=CCC=CCCCCCCCC(=O)OC1CC(CC)C1O. The van der Waals surface area contributed by atoms with E-state index in [1.54, 1.807) is 0 Å². The first-order chi connectivity index (χ1) is 13.2. The number of carbonyl (C=O) groups excluding carboxylic acids is 1. The van der Waals surface area contributed by atoms with E-state index in [9.17, 15) is 9.90 Å². The molecule has 3 nitrogen and oxygen atoms in total. The summed E-state index contributed by atoms with van der Waals surface area (Å²) in [5, 5.41) is 9.83. The van der Waals surface area contributed by atoms with Gasteiger partial charge in [-0.05, 0) is 50.9 Å². The highest BCUT2D eigenvalue weighted by molar-refractivity contribution is 5.69. The summed E-state index contributed by atoms with van der Waals surface area (Å²) in [6.45, 7) is 4.30. The van der Waals surface area contributed by atoms with E-state index >= 15 is 0 Å². The van der Waals surface area contributed by atoms with Gasteiger partial charge in [-0.1, -0.05) is 76.7 Å². The Morgan fingerprint density at radius 3 is 2.19 bits per heavy atom. The molecule has 1 aliphatic rings. The third kappa shape index (κ3) is 11.4. The van der Waals surface area contributed by atoms with Gasteiger partial charge in [0.05, 0.1) is 6.10 Å². The normalized spacial score (nSPS) is 22.4. The molecular formula is C24H42O3. The minimum atomic E-state index is -0.441. The fraction of sp³-hybridized carbons (Fsp3) is 0.792. The molecule has 0 heterocycles. The van der Waals surface area contributed by atoms with Crippen LogP contribution < -0.4 is 0 Å². The van der Waals surface area contributed by atoms with Crippen LogP contribution in [0.25, 0.3) is 0 Å². The summed E-state index contributed by atoms with van der Waals surface area (Å²) in [6.07, 6.45) is 23.7. The molecule has 0 amide bonds. The topological polar surface area (TPSA) is 46.5 Å². The summed E-state index contributed by atoms with van der Waals surface area (Å²) in [4.78, 5) is 11.8. The van der Waals surface area contributed by atoms with Crippen molar-refractivity contribution in [2.24, 2.45) is 5.92 Å². The molecule has 3 heteroatoms. The van der Waals surface area contributed by atoms with Gasteiger partial charge in [-0.15, -0.1) is 0 Å². The largest absolute Gasteiger partial charge is 0.460 e. The van der Waals surface area contributed by atoms with Crippen molar-refractivity contribution >= 4 is 5.97 Å². The molecular weight excluding hydrogens is 336 g/mol. The maximum Gasteiger partial charge on any atom is 0.306 e. The Morgan fingerprint density at radius 2 is 1.56 bits per heavy atom. The van der Waals surface area contributed by atoms with Crippen LogP contribution in [0.2, 0.25) is 0 Å². The summed E-state index contributed by atoms with van der Waals surface area (Å²) in [5.41, 5.74) is 0. The predicted molar refractivity (Wildman–Crippen MR) is 114 cm³/mol. The van der Waals surface area contributed by atoms with Crippen LogP contribution >= 0.6 is 0 Å². The van der Waals surface area contributed by atoms with Crippen molar-refractivity contribution in [2.75, 3.05) is 0 Å². The van der Waals surface area contributed by atoms with Gasteiger partial charge < -0.3 is 9.84 Å². The van der Waals surface area contributed by atoms with Gasteiger partial charge >= 0.3 is 5.97 Å². The zero-order valence-corrected chi connectivity index (χ0v) is 17.7. The van der Waals surface area contributed by atoms with Crippen molar-refractivity contribution < 1.29 is 14.6 Å². The van der Waals surface area contributed by atoms with E-state index in [1.165, 1.54) is 44.9 Å². The van der Waals surface area contributed by atoms with Gasteiger partial charge in [0, 0.05) is 6.42 Å². The standard InChI is InChI=1S/C24H42O3/c1-3-5-6-7-8-9-10-11-12-13-14-15-16-17-18-19-23(25)27-22-20-21(4-2)24(22)26/h8-9,11-12,21-22,24,26H,3-7,10,13-20H2,1-2H3. The fourth-order valence-electron chi connectivity index (χ4n) is 3.52. The van der Waals surface area contributed by atoms with Crippen molar-refractivity contribution in [3.05, 3.63) is 24.3 Å². The van der Waals surface area contributed by atoms with Crippen LogP contribution in [0.5, 0.6) is 0 Å². The highest BCUT2D eigenvalue weighted by Crippen LogP contribution is 2.33. The lowest BCUT2D eigenvalue weighted by Crippen LogP contribution is -2.48. The number of hydrogen-bond donors (Lipinski definition) is 1. The molecule has 0 aromatic rings. The Kier molecular flexibility index (Phi) is 14.1. The summed E-state index contributed by atoms with van der Waals surface area (Å²) in [5.74, 6) is 0.179. The Morgan fingerprint density at radius 1 is 0.926 bits per heavy atom. The molecule has 3 atom stereocenters. The lowest BCUT2D eigenvalue weighted by Gasteiger charge is -2.39. The van der Waals surface area contributed by atoms with E-state index in [4.69, 9.17) is 4.74 Å². The van der Waals surface area contributed by atoms with Crippen molar-refractivity contribution in [1.82, 2.24) is 0 Å². The first-order valence-corrected chi connectivity index (χ1v) is 11.4. The average Bonchev–Trinajstić information content (AvgIpc) is 2.67. The summed E-state index contributed by atoms with van der Waals surface area (Å²) < 4.78 is 5.35. The number of ether oxygens (including phenoxy) is 1. The molecule has 156 valence electrons. The number of hydrogen-bond acceptors (Lipinski definition) is 3. The molecule has 3 unspecified atom stereocenters. The number of aliphatic hydroxyl groups is 1. The maximum atomic E-state index is 11.8. The number of aliphatic hydroxyl groups excluding tert-OH is 1. The molecule has 1 saturated carbocycles. The molecule has 0 bridgehead atoms. The van der Waals surface area contributed by atoms with Gasteiger partial charge in [-0.25, -0.2) is 0 Å². The number of esters is 1. The van der Waals surface area contributed by atoms with Crippen molar-refractivity contribution in [1.29, 1.82) is 0 Å². The van der Waals surface area contributed by atoms with Crippen LogP contribution in [0.1, 0.15) is 104 Å². The first-order valence-electron chi connectivity index (χ1n) is 11.4. The van der Waals surface area contributed by atoms with Crippen molar-refractivity contribution in [2.45, 2.75) is 116 Å². The summed E-state index contributed by atoms with van der Waals surface area (Å²) in [7, 11) is 0. The molecule has 0 radical (unpaired) electrons. The van der Waals surface area contributed by atoms with Gasteiger partial charge in [0.15, 0.2) is 0 Å². The number of carbonyl (C=O) groups is 1. The van der Waals surface area contributed by atoms with Gasteiger partial charge in [0.25, 0.3) is 0 Å². The Hall–Kier alpha value is -1.09. The van der Waals surface area contributed by atoms with E-state index in [-0.39, 0.29) is 12.1 Å². The third-order valence-electron chi connectivity index (χ3n) is 5.54.